The quantitative estimate of drug-likeness (QED) is 0.427. The van der Waals surface area contributed by atoms with Crippen molar-refractivity contribution >= 4 is 28.6 Å². The summed E-state index contributed by atoms with van der Waals surface area (Å²) in [5.74, 6) is -1.00. The normalized spacial score (nSPS) is 19.2. The van der Waals surface area contributed by atoms with E-state index in [9.17, 15) is 18.8 Å². The molecule has 0 radical (unpaired) electrons. The molecule has 39 heavy (non-hydrogen) atoms. The van der Waals surface area contributed by atoms with Crippen molar-refractivity contribution in [2.75, 3.05) is 20.2 Å². The summed E-state index contributed by atoms with van der Waals surface area (Å²) in [5.41, 5.74) is 7.98. The molecule has 2 fully saturated rings. The summed E-state index contributed by atoms with van der Waals surface area (Å²) in [6.07, 6.45) is 3.15. The van der Waals surface area contributed by atoms with Crippen LogP contribution in [0.15, 0.2) is 66.7 Å². The molecule has 7 nitrogen and oxygen atoms in total. The minimum absolute atomic E-state index is 0.211. The molecule has 1 aliphatic heterocycles. The zero-order valence-corrected chi connectivity index (χ0v) is 22.1. The maximum atomic E-state index is 13.9. The molecule has 2 aliphatic rings. The fourth-order valence-electron chi connectivity index (χ4n) is 5.50. The molecule has 1 saturated heterocycles. The Morgan fingerprint density at radius 1 is 0.974 bits per heavy atom. The van der Waals surface area contributed by atoms with E-state index in [-0.39, 0.29) is 37.1 Å². The Morgan fingerprint density at radius 2 is 1.67 bits per heavy atom. The second kappa shape index (κ2) is 11.5. The number of methoxy groups -OCH3 is 1. The average molecular weight is 532 g/mol. The molecule has 1 heterocycles. The van der Waals surface area contributed by atoms with Crippen LogP contribution >= 0.6 is 0 Å². The first-order chi connectivity index (χ1) is 18.8. The van der Waals surface area contributed by atoms with Gasteiger partial charge in [-0.2, -0.15) is 0 Å². The van der Waals surface area contributed by atoms with E-state index in [0.717, 1.165) is 34.7 Å². The number of halogens is 1. The number of ether oxygens (including phenoxy) is 1. The van der Waals surface area contributed by atoms with Crippen LogP contribution in [0.3, 0.4) is 0 Å². The summed E-state index contributed by atoms with van der Waals surface area (Å²) >= 11 is 0. The van der Waals surface area contributed by atoms with Gasteiger partial charge in [0, 0.05) is 19.5 Å². The first-order valence-electron chi connectivity index (χ1n) is 13.5. The highest BCUT2D eigenvalue weighted by Crippen LogP contribution is 2.36. The maximum absolute atomic E-state index is 13.9. The Labute approximate surface area is 227 Å². The van der Waals surface area contributed by atoms with Gasteiger partial charge in [-0.25, -0.2) is 9.18 Å². The lowest BCUT2D eigenvalue weighted by Gasteiger charge is -2.44. The van der Waals surface area contributed by atoms with Gasteiger partial charge in [0.25, 0.3) is 0 Å². The van der Waals surface area contributed by atoms with Crippen molar-refractivity contribution in [1.29, 1.82) is 0 Å². The molecule has 3 atom stereocenters. The third kappa shape index (κ3) is 6.11. The highest BCUT2D eigenvalue weighted by atomic mass is 19.1. The van der Waals surface area contributed by atoms with Crippen molar-refractivity contribution in [3.8, 4) is 0 Å². The summed E-state index contributed by atoms with van der Waals surface area (Å²) in [6.45, 7) is 0.493. The number of fused-ring (bicyclic) bond motifs is 1. The van der Waals surface area contributed by atoms with Crippen molar-refractivity contribution in [2.45, 2.75) is 50.2 Å². The third-order valence-corrected chi connectivity index (χ3v) is 7.84. The zero-order valence-electron chi connectivity index (χ0n) is 22.1. The first-order valence-corrected chi connectivity index (χ1v) is 13.5. The van der Waals surface area contributed by atoms with E-state index in [1.165, 1.54) is 19.2 Å². The van der Waals surface area contributed by atoms with Crippen molar-refractivity contribution in [3.05, 3.63) is 83.7 Å². The topological polar surface area (TPSA) is 92.9 Å². The predicted octanol–water partition coefficient (Wildman–Crippen LogP) is 3.47. The van der Waals surface area contributed by atoms with Crippen molar-refractivity contribution < 1.29 is 23.5 Å². The molecule has 0 aromatic heterocycles. The summed E-state index contributed by atoms with van der Waals surface area (Å²) < 4.78 is 18.4. The highest BCUT2D eigenvalue weighted by molar-refractivity contribution is 5.93. The number of benzene rings is 3. The van der Waals surface area contributed by atoms with Crippen molar-refractivity contribution in [3.63, 3.8) is 0 Å². The summed E-state index contributed by atoms with van der Waals surface area (Å²) in [4.78, 5) is 43.6. The molecule has 3 aromatic carbocycles. The number of nitrogens with two attached hydrogens (primary N) is 1. The second-order valence-corrected chi connectivity index (χ2v) is 10.6. The molecule has 3 aromatic rings. The van der Waals surface area contributed by atoms with Crippen LogP contribution in [-0.4, -0.2) is 65.9 Å². The van der Waals surface area contributed by atoms with Gasteiger partial charge in [0.15, 0.2) is 0 Å². The van der Waals surface area contributed by atoms with Gasteiger partial charge in [-0.1, -0.05) is 67.4 Å². The van der Waals surface area contributed by atoms with E-state index in [4.69, 9.17) is 10.5 Å². The second-order valence-electron chi connectivity index (χ2n) is 10.6. The summed E-state index contributed by atoms with van der Waals surface area (Å²) in [6, 6.07) is 17.6. The third-order valence-electron chi connectivity index (χ3n) is 7.84. The van der Waals surface area contributed by atoms with Gasteiger partial charge < -0.3 is 20.3 Å². The fourth-order valence-corrected chi connectivity index (χ4v) is 5.50. The number of hydrogen-bond acceptors (Lipinski definition) is 5. The standard InChI is InChI=1S/C31H34FN3O4/c1-39-31(38)28(19-22-8-11-23-4-2-3-5-24(23)16-22)35-15-14-34(27(30(35)37)18-21-6-7-21)29(36)26(33)17-20-9-12-25(32)13-10-20/h2-5,8-13,16,21,26-28H,6-7,14-15,17-19,33H2,1H3. The van der Waals surface area contributed by atoms with Crippen LogP contribution in [0.2, 0.25) is 0 Å². The lowest BCUT2D eigenvalue weighted by Crippen LogP contribution is -2.64. The highest BCUT2D eigenvalue weighted by Gasteiger charge is 2.45. The van der Waals surface area contributed by atoms with Crippen molar-refractivity contribution in [2.24, 2.45) is 11.7 Å². The Morgan fingerprint density at radius 3 is 2.36 bits per heavy atom. The Balaban J connectivity index is 1.35. The van der Waals surface area contributed by atoms with Crippen molar-refractivity contribution in [1.82, 2.24) is 9.80 Å². The minimum Gasteiger partial charge on any atom is -0.467 e. The minimum atomic E-state index is -0.856. The predicted molar refractivity (Wildman–Crippen MR) is 146 cm³/mol. The van der Waals surface area contributed by atoms with Gasteiger partial charge >= 0.3 is 5.97 Å². The average Bonchev–Trinajstić information content (AvgIpc) is 3.77. The number of esters is 1. The van der Waals surface area contributed by atoms with Crippen LogP contribution < -0.4 is 5.73 Å². The molecule has 2 amide bonds. The Bertz CT molecular complexity index is 1360. The number of amides is 2. The SMILES string of the molecule is COC(=O)C(Cc1ccc2ccccc2c1)N1CCN(C(=O)C(N)Cc2ccc(F)cc2)C(CC2CC2)C1=O. The largest absolute Gasteiger partial charge is 0.467 e. The lowest BCUT2D eigenvalue weighted by atomic mass is 9.96. The zero-order chi connectivity index (χ0) is 27.5. The van der Waals surface area contributed by atoms with E-state index in [1.807, 2.05) is 42.5 Å². The van der Waals surface area contributed by atoms with E-state index < -0.39 is 24.1 Å². The van der Waals surface area contributed by atoms with Gasteiger partial charge in [0.1, 0.15) is 17.9 Å². The summed E-state index contributed by atoms with van der Waals surface area (Å²) in [5, 5.41) is 2.16. The van der Waals surface area contributed by atoms with Gasteiger partial charge in [0.05, 0.1) is 13.2 Å². The molecule has 8 heteroatoms. The Kier molecular flexibility index (Phi) is 7.93. The molecule has 2 N–H and O–H groups in total. The van der Waals surface area contributed by atoms with E-state index >= 15 is 0 Å². The molecule has 0 bridgehead atoms. The van der Waals surface area contributed by atoms with E-state index in [0.29, 0.717) is 18.8 Å². The fraction of sp³-hybridized carbons (Fsp3) is 0.387. The van der Waals surface area contributed by atoms with Crippen LogP contribution in [0, 0.1) is 11.7 Å². The van der Waals surface area contributed by atoms with Gasteiger partial charge in [-0.3, -0.25) is 9.59 Å². The molecule has 3 unspecified atom stereocenters. The monoisotopic (exact) mass is 531 g/mol. The molecular formula is C31H34FN3O4. The number of piperazine rings is 1. The van der Waals surface area contributed by atoms with Crippen LogP contribution in [0.4, 0.5) is 4.39 Å². The number of nitrogens with zero attached hydrogens (tertiary/aromatic N) is 2. The van der Waals surface area contributed by atoms with E-state index in [1.54, 1.807) is 21.9 Å². The maximum Gasteiger partial charge on any atom is 0.328 e. The molecule has 1 saturated carbocycles. The van der Waals surface area contributed by atoms with E-state index in [2.05, 4.69) is 0 Å². The first kappa shape index (κ1) is 26.8. The lowest BCUT2D eigenvalue weighted by molar-refractivity contribution is -0.162. The number of carbonyl (C=O) groups excluding carboxylic acids is 3. The van der Waals surface area contributed by atoms with Crippen LogP contribution in [0.25, 0.3) is 10.8 Å². The smallest absolute Gasteiger partial charge is 0.328 e. The van der Waals surface area contributed by atoms with Gasteiger partial charge in [0.2, 0.25) is 11.8 Å². The Hall–Kier alpha value is -3.78. The van der Waals surface area contributed by atoms with Crippen LogP contribution in [-0.2, 0) is 32.0 Å². The molecule has 0 spiro atoms. The van der Waals surface area contributed by atoms with Crippen LogP contribution in [0.1, 0.15) is 30.4 Å². The molecular weight excluding hydrogens is 497 g/mol. The van der Waals surface area contributed by atoms with Gasteiger partial charge in [-0.05, 0) is 52.8 Å². The van der Waals surface area contributed by atoms with Crippen LogP contribution in [0.5, 0.6) is 0 Å². The number of carbonyl (C=O) groups is 3. The molecule has 1 aliphatic carbocycles. The molecule has 204 valence electrons. The number of hydrogen-bond donors (Lipinski definition) is 1. The van der Waals surface area contributed by atoms with Gasteiger partial charge in [-0.15, -0.1) is 0 Å². The summed E-state index contributed by atoms with van der Waals surface area (Å²) in [7, 11) is 1.33. The number of rotatable bonds is 9. The molecule has 5 rings (SSSR count).